The second-order valence-corrected chi connectivity index (χ2v) is 4.84. The fourth-order valence-electron chi connectivity index (χ4n) is 1.33. The van der Waals surface area contributed by atoms with E-state index in [4.69, 9.17) is 5.73 Å². The number of carbonyl (C=O) groups is 1. The number of nitrogens with zero attached hydrogens (tertiary/aromatic N) is 1. The largest absolute Gasteiger partial charge is 0.326 e. The molecule has 0 saturated heterocycles. The molecule has 0 heterocycles. The number of carbonyl (C=O) groups excluding carboxylic acids is 1. The SMILES string of the molecule is CC(C)(N)CCC(=O)Nc1ccc([N+](=O)[O-])cc1. The number of hydrogen-bond acceptors (Lipinski definition) is 4. The minimum Gasteiger partial charge on any atom is -0.326 e. The number of nitro groups is 1. The number of amides is 1. The number of anilines is 1. The highest BCUT2D eigenvalue weighted by molar-refractivity contribution is 5.90. The van der Waals surface area contributed by atoms with Crippen molar-refractivity contribution in [2.24, 2.45) is 5.73 Å². The molecule has 0 unspecified atom stereocenters. The predicted molar refractivity (Wildman–Crippen MR) is 69.2 cm³/mol. The van der Waals surface area contributed by atoms with Crippen LogP contribution in [0.3, 0.4) is 0 Å². The molecule has 1 rings (SSSR count). The summed E-state index contributed by atoms with van der Waals surface area (Å²) in [5.41, 5.74) is 5.93. The van der Waals surface area contributed by atoms with E-state index in [1.54, 1.807) is 0 Å². The van der Waals surface area contributed by atoms with Gasteiger partial charge in [-0.2, -0.15) is 0 Å². The van der Waals surface area contributed by atoms with Gasteiger partial charge in [0, 0.05) is 29.8 Å². The quantitative estimate of drug-likeness (QED) is 0.618. The summed E-state index contributed by atoms with van der Waals surface area (Å²) in [4.78, 5) is 21.5. The van der Waals surface area contributed by atoms with E-state index in [-0.39, 0.29) is 17.1 Å². The van der Waals surface area contributed by atoms with Gasteiger partial charge in [0.25, 0.3) is 5.69 Å². The first-order valence-corrected chi connectivity index (χ1v) is 5.61. The Bertz CT molecular complexity index is 435. The number of rotatable bonds is 5. The summed E-state index contributed by atoms with van der Waals surface area (Å²) in [5.74, 6) is -0.151. The van der Waals surface area contributed by atoms with Crippen LogP contribution in [-0.4, -0.2) is 16.4 Å². The van der Waals surface area contributed by atoms with Crippen molar-refractivity contribution in [1.82, 2.24) is 0 Å². The Hall–Kier alpha value is -1.95. The van der Waals surface area contributed by atoms with Crippen LogP contribution in [0.1, 0.15) is 26.7 Å². The lowest BCUT2D eigenvalue weighted by molar-refractivity contribution is -0.384. The van der Waals surface area contributed by atoms with Gasteiger partial charge in [-0.3, -0.25) is 14.9 Å². The number of nitro benzene ring substituents is 1. The minimum absolute atomic E-state index is 0.00362. The van der Waals surface area contributed by atoms with Crippen LogP contribution >= 0.6 is 0 Å². The van der Waals surface area contributed by atoms with Crippen LogP contribution in [0, 0.1) is 10.1 Å². The highest BCUT2D eigenvalue weighted by atomic mass is 16.6. The minimum atomic E-state index is -0.484. The Morgan fingerprint density at radius 2 is 1.94 bits per heavy atom. The molecule has 0 atom stereocenters. The maximum Gasteiger partial charge on any atom is 0.269 e. The number of nitrogens with one attached hydrogen (secondary N) is 1. The van der Waals surface area contributed by atoms with E-state index in [1.165, 1.54) is 24.3 Å². The molecular weight excluding hydrogens is 234 g/mol. The Balaban J connectivity index is 2.52. The average Bonchev–Trinajstić information content (AvgIpc) is 2.26. The van der Waals surface area contributed by atoms with Gasteiger partial charge in [0.15, 0.2) is 0 Å². The Labute approximate surface area is 105 Å². The predicted octanol–water partition coefficient (Wildman–Crippen LogP) is 2.05. The molecule has 6 heteroatoms. The Morgan fingerprint density at radius 3 is 2.39 bits per heavy atom. The van der Waals surface area contributed by atoms with Crippen LogP contribution < -0.4 is 11.1 Å². The zero-order valence-corrected chi connectivity index (χ0v) is 10.5. The molecule has 1 aromatic rings. The van der Waals surface area contributed by atoms with E-state index in [9.17, 15) is 14.9 Å². The van der Waals surface area contributed by atoms with Crippen molar-refractivity contribution < 1.29 is 9.72 Å². The molecule has 0 aliphatic rings. The van der Waals surface area contributed by atoms with Gasteiger partial charge in [-0.15, -0.1) is 0 Å². The zero-order chi connectivity index (χ0) is 13.8. The second kappa shape index (κ2) is 5.59. The normalized spacial score (nSPS) is 11.1. The van der Waals surface area contributed by atoms with E-state index < -0.39 is 4.92 Å². The first kappa shape index (κ1) is 14.1. The Morgan fingerprint density at radius 1 is 1.39 bits per heavy atom. The first-order chi connectivity index (χ1) is 8.28. The third kappa shape index (κ3) is 4.92. The summed E-state index contributed by atoms with van der Waals surface area (Å²) < 4.78 is 0. The molecule has 98 valence electrons. The average molecular weight is 251 g/mol. The smallest absolute Gasteiger partial charge is 0.269 e. The van der Waals surface area contributed by atoms with Crippen molar-refractivity contribution >= 4 is 17.3 Å². The maximum atomic E-state index is 11.6. The standard InChI is InChI=1S/C12H17N3O3/c1-12(2,13)8-7-11(16)14-9-3-5-10(6-4-9)15(17)18/h3-6H,7-8,13H2,1-2H3,(H,14,16). The molecule has 0 saturated carbocycles. The van der Waals surface area contributed by atoms with E-state index in [0.717, 1.165) is 0 Å². The van der Waals surface area contributed by atoms with Crippen molar-refractivity contribution in [2.45, 2.75) is 32.2 Å². The van der Waals surface area contributed by atoms with Gasteiger partial charge in [-0.05, 0) is 32.4 Å². The molecule has 0 fully saturated rings. The lowest BCUT2D eigenvalue weighted by Crippen LogP contribution is -2.33. The van der Waals surface area contributed by atoms with Crippen LogP contribution in [0.2, 0.25) is 0 Å². The third-order valence-corrected chi connectivity index (χ3v) is 2.36. The summed E-state index contributed by atoms with van der Waals surface area (Å²) in [7, 11) is 0. The van der Waals surface area contributed by atoms with Gasteiger partial charge in [-0.1, -0.05) is 0 Å². The van der Waals surface area contributed by atoms with Gasteiger partial charge >= 0.3 is 0 Å². The number of hydrogen-bond donors (Lipinski definition) is 2. The molecule has 0 aliphatic carbocycles. The van der Waals surface area contributed by atoms with Crippen LogP contribution in [0.4, 0.5) is 11.4 Å². The number of non-ortho nitro benzene ring substituents is 1. The van der Waals surface area contributed by atoms with E-state index in [1.807, 2.05) is 13.8 Å². The second-order valence-electron chi connectivity index (χ2n) is 4.84. The molecule has 3 N–H and O–H groups in total. The molecule has 0 spiro atoms. The highest BCUT2D eigenvalue weighted by Crippen LogP contribution is 2.16. The van der Waals surface area contributed by atoms with Gasteiger partial charge < -0.3 is 11.1 Å². The van der Waals surface area contributed by atoms with Crippen molar-refractivity contribution in [1.29, 1.82) is 0 Å². The topological polar surface area (TPSA) is 98.3 Å². The van der Waals surface area contributed by atoms with Gasteiger partial charge in [0.05, 0.1) is 4.92 Å². The van der Waals surface area contributed by atoms with E-state index in [0.29, 0.717) is 18.5 Å². The fraction of sp³-hybridized carbons (Fsp3) is 0.417. The zero-order valence-electron chi connectivity index (χ0n) is 10.5. The summed E-state index contributed by atoms with van der Waals surface area (Å²) in [6.07, 6.45) is 0.895. The van der Waals surface area contributed by atoms with Crippen LogP contribution in [0.15, 0.2) is 24.3 Å². The molecule has 18 heavy (non-hydrogen) atoms. The lowest BCUT2D eigenvalue weighted by Gasteiger charge is -2.17. The Kier molecular flexibility index (Phi) is 4.38. The van der Waals surface area contributed by atoms with Gasteiger partial charge in [0.2, 0.25) is 5.91 Å². The lowest BCUT2D eigenvalue weighted by atomic mass is 10.00. The molecule has 0 radical (unpaired) electrons. The monoisotopic (exact) mass is 251 g/mol. The van der Waals surface area contributed by atoms with Gasteiger partial charge in [-0.25, -0.2) is 0 Å². The molecule has 1 aromatic carbocycles. The highest BCUT2D eigenvalue weighted by Gasteiger charge is 2.13. The van der Waals surface area contributed by atoms with Gasteiger partial charge in [0.1, 0.15) is 0 Å². The van der Waals surface area contributed by atoms with Crippen LogP contribution in [-0.2, 0) is 4.79 Å². The molecular formula is C12H17N3O3. The molecule has 0 bridgehead atoms. The van der Waals surface area contributed by atoms with Crippen molar-refractivity contribution in [3.8, 4) is 0 Å². The molecule has 0 aromatic heterocycles. The molecule has 6 nitrogen and oxygen atoms in total. The molecule has 0 aliphatic heterocycles. The summed E-state index contributed by atoms with van der Waals surface area (Å²) in [6.45, 7) is 3.71. The van der Waals surface area contributed by atoms with Crippen LogP contribution in [0.25, 0.3) is 0 Å². The maximum absolute atomic E-state index is 11.6. The van der Waals surface area contributed by atoms with Crippen LogP contribution in [0.5, 0.6) is 0 Å². The number of nitrogens with two attached hydrogens (primary N) is 1. The fourth-order valence-corrected chi connectivity index (χ4v) is 1.33. The summed E-state index contributed by atoms with van der Waals surface area (Å²) >= 11 is 0. The van der Waals surface area contributed by atoms with Crippen molar-refractivity contribution in [3.63, 3.8) is 0 Å². The van der Waals surface area contributed by atoms with E-state index in [2.05, 4.69) is 5.32 Å². The first-order valence-electron chi connectivity index (χ1n) is 5.61. The van der Waals surface area contributed by atoms with E-state index >= 15 is 0 Å². The summed E-state index contributed by atoms with van der Waals surface area (Å²) in [5, 5.41) is 13.1. The summed E-state index contributed by atoms with van der Waals surface area (Å²) in [6, 6.07) is 5.71. The third-order valence-electron chi connectivity index (χ3n) is 2.36. The van der Waals surface area contributed by atoms with Crippen molar-refractivity contribution in [3.05, 3.63) is 34.4 Å². The molecule has 1 amide bonds. The van der Waals surface area contributed by atoms with Crippen molar-refractivity contribution in [2.75, 3.05) is 5.32 Å². The number of benzene rings is 1.